The highest BCUT2D eigenvalue weighted by Gasteiger charge is 2.05. The number of hydrogen-bond acceptors (Lipinski definition) is 5. The van der Waals surface area contributed by atoms with Crippen molar-refractivity contribution in [1.82, 2.24) is 15.2 Å². The van der Waals surface area contributed by atoms with Crippen molar-refractivity contribution < 1.29 is 4.74 Å². The van der Waals surface area contributed by atoms with Crippen LogP contribution in [0.2, 0.25) is 0 Å². The van der Waals surface area contributed by atoms with Gasteiger partial charge in [-0.1, -0.05) is 6.92 Å². The molecule has 0 fully saturated rings. The van der Waals surface area contributed by atoms with Crippen LogP contribution < -0.4 is 4.74 Å². The second kappa shape index (κ2) is 4.35. The van der Waals surface area contributed by atoms with Gasteiger partial charge in [-0.05, 0) is 12.5 Å². The summed E-state index contributed by atoms with van der Waals surface area (Å²) in [6.07, 6.45) is 2.88. The van der Waals surface area contributed by atoms with Gasteiger partial charge in [0.05, 0.1) is 7.11 Å². The molecule has 2 heterocycles. The monoisotopic (exact) mass is 221 g/mol. The average molecular weight is 221 g/mol. The van der Waals surface area contributed by atoms with Crippen LogP contribution in [0.1, 0.15) is 11.8 Å². The molecule has 15 heavy (non-hydrogen) atoms. The smallest absolute Gasteiger partial charge is 0.233 e. The molecule has 2 aromatic rings. The van der Waals surface area contributed by atoms with Crippen LogP contribution in [0.4, 0.5) is 0 Å². The van der Waals surface area contributed by atoms with Crippen LogP contribution in [0, 0.1) is 0 Å². The SMILES string of the molecule is CCc1cnc(-c2ccc(OC)nn2)s1. The third kappa shape index (κ3) is 2.12. The number of aryl methyl sites for hydroxylation is 1. The van der Waals surface area contributed by atoms with E-state index < -0.39 is 0 Å². The van der Waals surface area contributed by atoms with Gasteiger partial charge in [0.15, 0.2) is 0 Å². The summed E-state index contributed by atoms with van der Waals surface area (Å²) in [5.41, 5.74) is 0.792. The molecule has 0 aliphatic heterocycles. The Hall–Kier alpha value is -1.49. The highest BCUT2D eigenvalue weighted by Crippen LogP contribution is 2.23. The van der Waals surface area contributed by atoms with E-state index in [0.717, 1.165) is 17.1 Å². The van der Waals surface area contributed by atoms with Gasteiger partial charge in [-0.2, -0.15) is 0 Å². The van der Waals surface area contributed by atoms with Gasteiger partial charge in [0, 0.05) is 17.1 Å². The molecule has 0 unspecified atom stereocenters. The molecule has 0 saturated heterocycles. The van der Waals surface area contributed by atoms with Crippen LogP contribution >= 0.6 is 11.3 Å². The molecule has 0 saturated carbocycles. The number of rotatable bonds is 3. The van der Waals surface area contributed by atoms with Crippen molar-refractivity contribution in [2.45, 2.75) is 13.3 Å². The quantitative estimate of drug-likeness (QED) is 0.797. The van der Waals surface area contributed by atoms with E-state index in [1.807, 2.05) is 12.3 Å². The van der Waals surface area contributed by atoms with E-state index in [1.165, 1.54) is 4.88 Å². The third-order valence-corrected chi connectivity index (χ3v) is 3.13. The van der Waals surface area contributed by atoms with E-state index in [0.29, 0.717) is 5.88 Å². The summed E-state index contributed by atoms with van der Waals surface area (Å²) in [5.74, 6) is 0.519. The summed E-state index contributed by atoms with van der Waals surface area (Å²) in [6, 6.07) is 3.65. The van der Waals surface area contributed by atoms with Gasteiger partial charge in [-0.25, -0.2) is 4.98 Å². The van der Waals surface area contributed by atoms with Crippen molar-refractivity contribution in [3.05, 3.63) is 23.2 Å². The molecule has 5 heteroatoms. The van der Waals surface area contributed by atoms with E-state index in [2.05, 4.69) is 22.1 Å². The fourth-order valence-corrected chi connectivity index (χ4v) is 1.95. The topological polar surface area (TPSA) is 47.9 Å². The van der Waals surface area contributed by atoms with Gasteiger partial charge in [-0.3, -0.25) is 0 Å². The predicted molar refractivity (Wildman–Crippen MR) is 59.1 cm³/mol. The van der Waals surface area contributed by atoms with Crippen LogP contribution in [-0.4, -0.2) is 22.3 Å². The van der Waals surface area contributed by atoms with E-state index in [1.54, 1.807) is 24.5 Å². The Labute approximate surface area is 92.0 Å². The van der Waals surface area contributed by atoms with Crippen LogP contribution in [0.25, 0.3) is 10.7 Å². The van der Waals surface area contributed by atoms with Gasteiger partial charge < -0.3 is 4.74 Å². The molecular weight excluding hydrogens is 210 g/mol. The summed E-state index contributed by atoms with van der Waals surface area (Å²) in [5, 5.41) is 8.85. The molecule has 4 nitrogen and oxygen atoms in total. The highest BCUT2D eigenvalue weighted by atomic mass is 32.1. The van der Waals surface area contributed by atoms with Crippen LogP contribution in [0.15, 0.2) is 18.3 Å². The minimum absolute atomic E-state index is 0.519. The Bertz CT molecular complexity index is 438. The molecule has 2 rings (SSSR count). The Morgan fingerprint density at radius 1 is 1.33 bits per heavy atom. The molecule has 0 aliphatic carbocycles. The minimum atomic E-state index is 0.519. The lowest BCUT2D eigenvalue weighted by Crippen LogP contribution is -1.91. The Balaban J connectivity index is 2.28. The molecule has 0 amide bonds. The van der Waals surface area contributed by atoms with Crippen LogP contribution in [-0.2, 0) is 6.42 Å². The van der Waals surface area contributed by atoms with E-state index >= 15 is 0 Å². The van der Waals surface area contributed by atoms with E-state index in [4.69, 9.17) is 4.74 Å². The average Bonchev–Trinajstić information content (AvgIpc) is 2.78. The molecule has 0 aliphatic rings. The van der Waals surface area contributed by atoms with Crippen molar-refractivity contribution in [1.29, 1.82) is 0 Å². The highest BCUT2D eigenvalue weighted by molar-refractivity contribution is 7.14. The lowest BCUT2D eigenvalue weighted by Gasteiger charge is -1.97. The maximum absolute atomic E-state index is 4.94. The molecule has 0 aromatic carbocycles. The van der Waals surface area contributed by atoms with Crippen molar-refractivity contribution in [3.8, 4) is 16.6 Å². The summed E-state index contributed by atoms with van der Waals surface area (Å²) < 4.78 is 4.94. The van der Waals surface area contributed by atoms with Crippen molar-refractivity contribution in [3.63, 3.8) is 0 Å². The number of aromatic nitrogens is 3. The van der Waals surface area contributed by atoms with Crippen LogP contribution in [0.3, 0.4) is 0 Å². The van der Waals surface area contributed by atoms with Gasteiger partial charge in [0.2, 0.25) is 5.88 Å². The molecule has 0 spiro atoms. The van der Waals surface area contributed by atoms with E-state index in [9.17, 15) is 0 Å². The first kappa shape index (κ1) is 10.0. The maximum Gasteiger partial charge on any atom is 0.233 e. The summed E-state index contributed by atoms with van der Waals surface area (Å²) in [6.45, 7) is 2.11. The van der Waals surface area contributed by atoms with Crippen molar-refractivity contribution >= 4 is 11.3 Å². The lowest BCUT2D eigenvalue weighted by molar-refractivity contribution is 0.392. The molecule has 0 radical (unpaired) electrons. The van der Waals surface area contributed by atoms with Crippen LogP contribution in [0.5, 0.6) is 5.88 Å². The second-order valence-corrected chi connectivity index (χ2v) is 4.06. The lowest BCUT2D eigenvalue weighted by atomic mass is 10.4. The Kier molecular flexibility index (Phi) is 2.91. The van der Waals surface area contributed by atoms with Crippen molar-refractivity contribution in [2.75, 3.05) is 7.11 Å². The fraction of sp³-hybridized carbons (Fsp3) is 0.300. The van der Waals surface area contributed by atoms with Gasteiger partial charge in [0.1, 0.15) is 10.7 Å². The van der Waals surface area contributed by atoms with Gasteiger partial charge in [0.25, 0.3) is 0 Å². The second-order valence-electron chi connectivity index (χ2n) is 2.95. The Morgan fingerprint density at radius 3 is 2.73 bits per heavy atom. The molecule has 0 atom stereocenters. The summed E-state index contributed by atoms with van der Waals surface area (Å²) in [7, 11) is 1.57. The number of hydrogen-bond donors (Lipinski definition) is 0. The number of thiazole rings is 1. The first-order valence-corrected chi connectivity index (χ1v) is 5.48. The largest absolute Gasteiger partial charge is 0.480 e. The summed E-state index contributed by atoms with van der Waals surface area (Å²) in [4.78, 5) is 5.54. The molecule has 2 aromatic heterocycles. The molecular formula is C10H11N3OS. The fourth-order valence-electron chi connectivity index (χ4n) is 1.13. The van der Waals surface area contributed by atoms with Gasteiger partial charge >= 0.3 is 0 Å². The molecule has 0 bridgehead atoms. The normalized spacial score (nSPS) is 10.3. The van der Waals surface area contributed by atoms with Crippen molar-refractivity contribution in [2.24, 2.45) is 0 Å². The van der Waals surface area contributed by atoms with E-state index in [-0.39, 0.29) is 0 Å². The number of ether oxygens (including phenoxy) is 1. The zero-order valence-electron chi connectivity index (χ0n) is 8.60. The first-order valence-electron chi connectivity index (χ1n) is 4.66. The van der Waals surface area contributed by atoms with Gasteiger partial charge in [-0.15, -0.1) is 21.5 Å². The number of nitrogens with zero attached hydrogens (tertiary/aromatic N) is 3. The molecule has 78 valence electrons. The standard InChI is InChI=1S/C10H11N3OS/c1-3-7-6-11-10(15-7)8-4-5-9(14-2)13-12-8/h4-6H,3H2,1-2H3. The molecule has 0 N–H and O–H groups in total. The third-order valence-electron chi connectivity index (χ3n) is 1.97. The summed E-state index contributed by atoms with van der Waals surface area (Å²) >= 11 is 1.65. The zero-order chi connectivity index (χ0) is 10.7. The maximum atomic E-state index is 4.94. The number of methoxy groups -OCH3 is 1. The minimum Gasteiger partial charge on any atom is -0.480 e. The predicted octanol–water partition coefficient (Wildman–Crippen LogP) is 2.17. The Morgan fingerprint density at radius 2 is 2.20 bits per heavy atom. The zero-order valence-corrected chi connectivity index (χ0v) is 9.41. The first-order chi connectivity index (χ1) is 7.33.